The maximum Gasteiger partial charge on any atom is 0.273 e. The van der Waals surface area contributed by atoms with E-state index in [1.807, 2.05) is 0 Å². The fraction of sp³-hybridized carbons (Fsp3) is 0.0500. The fourth-order valence-corrected chi connectivity index (χ4v) is 3.67. The minimum Gasteiger partial charge on any atom is -0.322 e. The Morgan fingerprint density at radius 2 is 1.57 bits per heavy atom. The zero-order valence-corrected chi connectivity index (χ0v) is 16.4. The molecule has 2 N–H and O–H groups in total. The minimum absolute atomic E-state index is 0.177. The van der Waals surface area contributed by atoms with Crippen molar-refractivity contribution in [3.63, 3.8) is 0 Å². The number of rotatable bonds is 6. The van der Waals surface area contributed by atoms with Crippen LogP contribution in [0.2, 0.25) is 0 Å². The summed E-state index contributed by atoms with van der Waals surface area (Å²) in [4.78, 5) is 22.4. The summed E-state index contributed by atoms with van der Waals surface area (Å²) >= 11 is 0. The SMILES string of the molecule is Cc1ccc(S(=O)(=O)Nc2ccc(C(=O)Nc3ccc(F)cc3)cc2)cc1[N+](=O)[O-]. The number of amides is 1. The topological polar surface area (TPSA) is 118 Å². The molecule has 1 amide bonds. The zero-order chi connectivity index (χ0) is 21.9. The summed E-state index contributed by atoms with van der Waals surface area (Å²) < 4.78 is 40.3. The first kappa shape index (κ1) is 20.9. The van der Waals surface area contributed by atoms with Gasteiger partial charge in [0.1, 0.15) is 5.82 Å². The fourth-order valence-electron chi connectivity index (χ4n) is 2.59. The molecule has 0 aliphatic rings. The molecule has 154 valence electrons. The number of carbonyl (C=O) groups is 1. The summed E-state index contributed by atoms with van der Waals surface area (Å²) in [6.45, 7) is 1.51. The van der Waals surface area contributed by atoms with Gasteiger partial charge in [0.2, 0.25) is 0 Å². The number of carbonyl (C=O) groups excluding carboxylic acids is 1. The first-order valence-electron chi connectivity index (χ1n) is 8.60. The van der Waals surface area contributed by atoms with Gasteiger partial charge in [0.05, 0.1) is 9.82 Å². The van der Waals surface area contributed by atoms with Gasteiger partial charge >= 0.3 is 0 Å². The van der Waals surface area contributed by atoms with Crippen molar-refractivity contribution in [2.24, 2.45) is 0 Å². The Labute approximate surface area is 171 Å². The molecule has 0 fully saturated rings. The molecule has 0 aromatic heterocycles. The van der Waals surface area contributed by atoms with Gasteiger partial charge in [0.25, 0.3) is 21.6 Å². The van der Waals surface area contributed by atoms with Gasteiger partial charge in [0.15, 0.2) is 0 Å². The highest BCUT2D eigenvalue weighted by Crippen LogP contribution is 2.24. The number of anilines is 2. The minimum atomic E-state index is -4.06. The van der Waals surface area contributed by atoms with E-state index >= 15 is 0 Å². The van der Waals surface area contributed by atoms with Gasteiger partial charge < -0.3 is 5.32 Å². The molecular weight excluding hydrogens is 413 g/mol. The molecule has 10 heteroatoms. The van der Waals surface area contributed by atoms with Crippen molar-refractivity contribution in [1.82, 2.24) is 0 Å². The lowest BCUT2D eigenvalue weighted by Crippen LogP contribution is -2.14. The Kier molecular flexibility index (Phi) is 5.79. The molecule has 30 heavy (non-hydrogen) atoms. The second-order valence-electron chi connectivity index (χ2n) is 6.35. The molecule has 0 radical (unpaired) electrons. The Bertz CT molecular complexity index is 1210. The van der Waals surface area contributed by atoms with E-state index in [9.17, 15) is 27.7 Å². The molecule has 0 unspecified atom stereocenters. The summed E-state index contributed by atoms with van der Waals surface area (Å²) in [5, 5.41) is 13.6. The van der Waals surface area contributed by atoms with Crippen molar-refractivity contribution in [3.05, 3.63) is 93.8 Å². The van der Waals surface area contributed by atoms with Crippen LogP contribution < -0.4 is 10.0 Å². The van der Waals surface area contributed by atoms with Crippen molar-refractivity contribution >= 4 is 33.0 Å². The number of nitrogens with one attached hydrogen (secondary N) is 2. The first-order valence-corrected chi connectivity index (χ1v) is 10.1. The van der Waals surface area contributed by atoms with Gasteiger partial charge in [-0.25, -0.2) is 12.8 Å². The second-order valence-corrected chi connectivity index (χ2v) is 8.03. The van der Waals surface area contributed by atoms with Crippen LogP contribution >= 0.6 is 0 Å². The largest absolute Gasteiger partial charge is 0.322 e. The van der Waals surface area contributed by atoms with Gasteiger partial charge in [-0.3, -0.25) is 19.6 Å². The monoisotopic (exact) mass is 429 g/mol. The van der Waals surface area contributed by atoms with Crippen LogP contribution in [0.5, 0.6) is 0 Å². The summed E-state index contributed by atoms with van der Waals surface area (Å²) in [6.07, 6.45) is 0. The molecule has 0 aliphatic heterocycles. The number of nitro groups is 1. The predicted molar refractivity (Wildman–Crippen MR) is 109 cm³/mol. The number of halogens is 1. The maximum atomic E-state index is 12.9. The number of hydrogen-bond donors (Lipinski definition) is 2. The lowest BCUT2D eigenvalue weighted by Gasteiger charge is -2.10. The number of benzene rings is 3. The molecule has 3 aromatic carbocycles. The molecule has 0 atom stereocenters. The standard InChI is InChI=1S/C20H16FN3O5S/c1-13-2-11-18(12-19(13)24(26)27)30(28,29)23-17-7-3-14(4-8-17)20(25)22-16-9-5-15(21)6-10-16/h2-12,23H,1H3,(H,22,25). The van der Waals surface area contributed by atoms with Crippen molar-refractivity contribution in [2.75, 3.05) is 10.0 Å². The summed E-state index contributed by atoms with van der Waals surface area (Å²) in [5.41, 5.74) is 0.887. The van der Waals surface area contributed by atoms with E-state index < -0.39 is 26.7 Å². The van der Waals surface area contributed by atoms with E-state index in [-0.39, 0.29) is 21.8 Å². The van der Waals surface area contributed by atoms with Crippen LogP contribution in [0.4, 0.5) is 21.5 Å². The molecule has 0 bridgehead atoms. The lowest BCUT2D eigenvalue weighted by molar-refractivity contribution is -0.385. The average molecular weight is 429 g/mol. The van der Waals surface area contributed by atoms with Crippen LogP contribution in [0.3, 0.4) is 0 Å². The lowest BCUT2D eigenvalue weighted by atomic mass is 10.2. The van der Waals surface area contributed by atoms with Gasteiger partial charge in [-0.05, 0) is 61.5 Å². The highest BCUT2D eigenvalue weighted by atomic mass is 32.2. The number of sulfonamides is 1. The third-order valence-electron chi connectivity index (χ3n) is 4.19. The number of nitrogens with zero attached hydrogens (tertiary/aromatic N) is 1. The number of aryl methyl sites for hydroxylation is 1. The Balaban J connectivity index is 1.74. The van der Waals surface area contributed by atoms with Crippen LogP contribution in [0.1, 0.15) is 15.9 Å². The van der Waals surface area contributed by atoms with Crippen LogP contribution in [0.15, 0.2) is 71.6 Å². The van der Waals surface area contributed by atoms with E-state index in [1.54, 1.807) is 0 Å². The summed E-state index contributed by atoms with van der Waals surface area (Å²) in [7, 11) is -4.06. The Hall–Kier alpha value is -3.79. The maximum absolute atomic E-state index is 12.9. The van der Waals surface area contributed by atoms with Crippen LogP contribution in [-0.4, -0.2) is 19.2 Å². The highest BCUT2D eigenvalue weighted by Gasteiger charge is 2.20. The van der Waals surface area contributed by atoms with E-state index in [2.05, 4.69) is 10.0 Å². The molecule has 8 nitrogen and oxygen atoms in total. The van der Waals surface area contributed by atoms with Gasteiger partial charge in [-0.2, -0.15) is 0 Å². The molecule has 0 heterocycles. The van der Waals surface area contributed by atoms with Gasteiger partial charge in [-0.1, -0.05) is 6.07 Å². The highest BCUT2D eigenvalue weighted by molar-refractivity contribution is 7.92. The molecule has 0 saturated carbocycles. The van der Waals surface area contributed by atoms with Crippen molar-refractivity contribution in [3.8, 4) is 0 Å². The molecule has 0 spiro atoms. The van der Waals surface area contributed by atoms with Crippen molar-refractivity contribution in [2.45, 2.75) is 11.8 Å². The smallest absolute Gasteiger partial charge is 0.273 e. The van der Waals surface area contributed by atoms with E-state index in [1.165, 1.54) is 67.6 Å². The van der Waals surface area contributed by atoms with Crippen LogP contribution in [0.25, 0.3) is 0 Å². The second kappa shape index (κ2) is 8.29. The van der Waals surface area contributed by atoms with Gasteiger partial charge in [-0.15, -0.1) is 0 Å². The molecular formula is C20H16FN3O5S. The average Bonchev–Trinajstić information content (AvgIpc) is 2.70. The Morgan fingerprint density at radius 1 is 0.967 bits per heavy atom. The van der Waals surface area contributed by atoms with Crippen LogP contribution in [-0.2, 0) is 10.0 Å². The van der Waals surface area contributed by atoms with E-state index in [0.717, 1.165) is 6.07 Å². The van der Waals surface area contributed by atoms with E-state index in [0.29, 0.717) is 11.3 Å². The van der Waals surface area contributed by atoms with Gasteiger partial charge in [0, 0.05) is 28.6 Å². The number of nitro benzene ring substituents is 1. The van der Waals surface area contributed by atoms with Crippen molar-refractivity contribution < 1.29 is 22.5 Å². The van der Waals surface area contributed by atoms with Crippen molar-refractivity contribution in [1.29, 1.82) is 0 Å². The third-order valence-corrected chi connectivity index (χ3v) is 5.57. The molecule has 0 aliphatic carbocycles. The molecule has 0 saturated heterocycles. The Morgan fingerprint density at radius 3 is 2.17 bits per heavy atom. The quantitative estimate of drug-likeness (QED) is 0.452. The predicted octanol–water partition coefficient (Wildman–Crippen LogP) is 4.10. The number of hydrogen-bond acceptors (Lipinski definition) is 5. The molecule has 3 rings (SSSR count). The zero-order valence-electron chi connectivity index (χ0n) is 15.6. The normalized spacial score (nSPS) is 11.0. The molecule has 3 aromatic rings. The first-order chi connectivity index (χ1) is 14.2. The third kappa shape index (κ3) is 4.78. The van der Waals surface area contributed by atoms with E-state index in [4.69, 9.17) is 0 Å². The van der Waals surface area contributed by atoms with Crippen LogP contribution in [0, 0.1) is 22.9 Å². The summed E-state index contributed by atoms with van der Waals surface area (Å²) in [6, 6.07) is 14.5. The summed E-state index contributed by atoms with van der Waals surface area (Å²) in [5.74, 6) is -0.881.